The van der Waals surface area contributed by atoms with Crippen molar-refractivity contribution >= 4 is 15.9 Å². The molecule has 2 unspecified atom stereocenters. The molecule has 0 fully saturated rings. The van der Waals surface area contributed by atoms with Crippen molar-refractivity contribution in [2.75, 3.05) is 6.66 Å². The standard InChI is InChI=1S/C9H23O3PSi/c1-7-8-9(2)11-13(3,10)12-14(4,5)6/h9H,7-8H2,1-6H3. The van der Waals surface area contributed by atoms with Gasteiger partial charge in [0.15, 0.2) is 8.32 Å². The van der Waals surface area contributed by atoms with Gasteiger partial charge in [0.1, 0.15) is 0 Å². The van der Waals surface area contributed by atoms with Gasteiger partial charge in [-0.25, -0.2) is 0 Å². The van der Waals surface area contributed by atoms with Gasteiger partial charge < -0.3 is 8.74 Å². The van der Waals surface area contributed by atoms with Crippen molar-refractivity contribution in [3.05, 3.63) is 0 Å². The van der Waals surface area contributed by atoms with Crippen molar-refractivity contribution < 1.29 is 13.3 Å². The molecular weight excluding hydrogens is 215 g/mol. The van der Waals surface area contributed by atoms with Gasteiger partial charge in [-0.15, -0.1) is 0 Å². The Morgan fingerprint density at radius 3 is 2.21 bits per heavy atom. The lowest BCUT2D eigenvalue weighted by molar-refractivity contribution is 0.186. The van der Waals surface area contributed by atoms with Gasteiger partial charge in [-0.1, -0.05) is 13.3 Å². The van der Waals surface area contributed by atoms with Crippen molar-refractivity contribution in [2.45, 2.75) is 52.4 Å². The Morgan fingerprint density at radius 1 is 1.36 bits per heavy atom. The summed E-state index contributed by atoms with van der Waals surface area (Å²) in [5.41, 5.74) is 0. The van der Waals surface area contributed by atoms with Crippen LogP contribution in [0.1, 0.15) is 26.7 Å². The van der Waals surface area contributed by atoms with E-state index in [9.17, 15) is 4.57 Å². The fraction of sp³-hybridized carbons (Fsp3) is 1.00. The second-order valence-electron chi connectivity index (χ2n) is 4.68. The van der Waals surface area contributed by atoms with Crippen molar-refractivity contribution in [3.8, 4) is 0 Å². The van der Waals surface area contributed by atoms with Crippen LogP contribution in [-0.2, 0) is 13.3 Å². The molecule has 0 heterocycles. The molecule has 0 N–H and O–H groups in total. The molecule has 5 heteroatoms. The molecule has 0 aromatic carbocycles. The Morgan fingerprint density at radius 2 is 1.86 bits per heavy atom. The van der Waals surface area contributed by atoms with E-state index in [4.69, 9.17) is 8.74 Å². The van der Waals surface area contributed by atoms with Gasteiger partial charge in [0.25, 0.3) is 0 Å². The maximum absolute atomic E-state index is 11.9. The molecule has 0 spiro atoms. The first-order valence-electron chi connectivity index (χ1n) is 5.13. The Labute approximate surface area is 88.9 Å². The lowest BCUT2D eigenvalue weighted by Gasteiger charge is -2.25. The van der Waals surface area contributed by atoms with E-state index in [1.54, 1.807) is 6.66 Å². The van der Waals surface area contributed by atoms with E-state index in [0.717, 1.165) is 12.8 Å². The lowest BCUT2D eigenvalue weighted by atomic mass is 10.2. The molecule has 0 aromatic heterocycles. The molecular formula is C9H23O3PSi. The van der Waals surface area contributed by atoms with Gasteiger partial charge in [0.2, 0.25) is 0 Å². The number of rotatable bonds is 6. The largest absolute Gasteiger partial charge is 0.351 e. The van der Waals surface area contributed by atoms with Crippen LogP contribution in [0.2, 0.25) is 19.6 Å². The van der Waals surface area contributed by atoms with Crippen molar-refractivity contribution in [1.29, 1.82) is 0 Å². The summed E-state index contributed by atoms with van der Waals surface area (Å²) in [7, 11) is -4.61. The summed E-state index contributed by atoms with van der Waals surface area (Å²) in [6.45, 7) is 11.6. The van der Waals surface area contributed by atoms with E-state index >= 15 is 0 Å². The van der Waals surface area contributed by atoms with Crippen LogP contribution in [0.3, 0.4) is 0 Å². The highest BCUT2D eigenvalue weighted by molar-refractivity contribution is 7.54. The molecule has 14 heavy (non-hydrogen) atoms. The summed E-state index contributed by atoms with van der Waals surface area (Å²) in [6, 6.07) is 0. The van der Waals surface area contributed by atoms with E-state index in [-0.39, 0.29) is 6.10 Å². The minimum Gasteiger partial charge on any atom is -0.351 e. The Hall–Kier alpha value is 0.367. The topological polar surface area (TPSA) is 35.5 Å². The maximum Gasteiger partial charge on any atom is 0.318 e. The SMILES string of the molecule is CCCC(C)OP(C)(=O)O[Si](C)(C)C. The number of hydrogen-bond donors (Lipinski definition) is 0. The van der Waals surface area contributed by atoms with Crippen LogP contribution >= 0.6 is 7.60 Å². The van der Waals surface area contributed by atoms with Gasteiger partial charge >= 0.3 is 7.60 Å². The zero-order valence-electron chi connectivity index (χ0n) is 10.2. The third kappa shape index (κ3) is 7.74. The lowest BCUT2D eigenvalue weighted by Crippen LogP contribution is -2.24. The molecule has 0 rings (SSSR count). The van der Waals surface area contributed by atoms with E-state index in [0.29, 0.717) is 0 Å². The molecule has 0 bridgehead atoms. The smallest absolute Gasteiger partial charge is 0.318 e. The normalized spacial score (nSPS) is 19.0. The van der Waals surface area contributed by atoms with E-state index < -0.39 is 15.9 Å². The van der Waals surface area contributed by atoms with Crippen LogP contribution in [0.15, 0.2) is 0 Å². The van der Waals surface area contributed by atoms with Crippen LogP contribution in [-0.4, -0.2) is 21.1 Å². The van der Waals surface area contributed by atoms with E-state index in [1.807, 2.05) is 26.6 Å². The second-order valence-corrected chi connectivity index (χ2v) is 11.4. The summed E-state index contributed by atoms with van der Waals surface area (Å²) >= 11 is 0. The molecule has 0 radical (unpaired) electrons. The van der Waals surface area contributed by atoms with Crippen LogP contribution in [0.4, 0.5) is 0 Å². The first-order chi connectivity index (χ1) is 6.16. The minimum absolute atomic E-state index is 0.0205. The zero-order valence-corrected chi connectivity index (χ0v) is 12.1. The fourth-order valence-corrected chi connectivity index (χ4v) is 6.22. The quantitative estimate of drug-likeness (QED) is 0.520. The summed E-state index contributed by atoms with van der Waals surface area (Å²) in [6.07, 6.45) is 1.98. The first-order valence-corrected chi connectivity index (χ1v) is 10.5. The minimum atomic E-state index is -2.84. The summed E-state index contributed by atoms with van der Waals surface area (Å²) in [4.78, 5) is 0. The Balaban J connectivity index is 4.14. The van der Waals surface area contributed by atoms with Crippen LogP contribution in [0, 0.1) is 0 Å². The van der Waals surface area contributed by atoms with Gasteiger partial charge in [-0.05, 0) is 33.0 Å². The summed E-state index contributed by atoms with van der Waals surface area (Å²) in [5.74, 6) is 0. The van der Waals surface area contributed by atoms with Crippen molar-refractivity contribution in [2.24, 2.45) is 0 Å². The van der Waals surface area contributed by atoms with E-state index in [2.05, 4.69) is 6.92 Å². The highest BCUT2D eigenvalue weighted by atomic mass is 31.2. The molecule has 2 atom stereocenters. The summed E-state index contributed by atoms with van der Waals surface area (Å²) in [5, 5.41) is 0. The monoisotopic (exact) mass is 238 g/mol. The molecule has 0 amide bonds. The zero-order chi connectivity index (χ0) is 11.4. The Kier molecular flexibility index (Phi) is 5.59. The molecule has 0 saturated carbocycles. The van der Waals surface area contributed by atoms with Crippen molar-refractivity contribution in [1.82, 2.24) is 0 Å². The third-order valence-electron chi connectivity index (χ3n) is 1.51. The molecule has 0 aliphatic heterocycles. The predicted molar refractivity (Wildman–Crippen MR) is 63.4 cm³/mol. The van der Waals surface area contributed by atoms with Crippen LogP contribution in [0.25, 0.3) is 0 Å². The summed E-state index contributed by atoms with van der Waals surface area (Å²) < 4.78 is 22.8. The molecule has 0 aliphatic carbocycles. The van der Waals surface area contributed by atoms with Gasteiger partial charge in [-0.2, -0.15) is 0 Å². The van der Waals surface area contributed by atoms with Crippen LogP contribution in [0.5, 0.6) is 0 Å². The average Bonchev–Trinajstić information content (AvgIpc) is 1.78. The first kappa shape index (κ1) is 14.4. The third-order valence-corrected chi connectivity index (χ3v) is 5.77. The highest BCUT2D eigenvalue weighted by Gasteiger charge is 2.28. The average molecular weight is 238 g/mol. The maximum atomic E-state index is 11.9. The molecule has 0 saturated heterocycles. The predicted octanol–water partition coefficient (Wildman–Crippen LogP) is 3.87. The van der Waals surface area contributed by atoms with Gasteiger partial charge in [0.05, 0.1) is 6.10 Å². The van der Waals surface area contributed by atoms with Crippen LogP contribution < -0.4 is 0 Å². The molecule has 0 aromatic rings. The molecule has 86 valence electrons. The Bertz CT molecular complexity index is 213. The van der Waals surface area contributed by atoms with E-state index in [1.165, 1.54) is 0 Å². The van der Waals surface area contributed by atoms with Gasteiger partial charge in [-0.3, -0.25) is 4.57 Å². The second kappa shape index (κ2) is 5.45. The number of hydrogen-bond acceptors (Lipinski definition) is 3. The van der Waals surface area contributed by atoms with Gasteiger partial charge in [0, 0.05) is 6.66 Å². The fourth-order valence-electron chi connectivity index (χ4n) is 1.31. The van der Waals surface area contributed by atoms with Crippen molar-refractivity contribution in [3.63, 3.8) is 0 Å². The highest BCUT2D eigenvalue weighted by Crippen LogP contribution is 2.48. The molecule has 0 aliphatic rings. The molecule has 3 nitrogen and oxygen atoms in total.